The van der Waals surface area contributed by atoms with Gasteiger partial charge in [-0.15, -0.1) is 0 Å². The molecule has 33 heavy (non-hydrogen) atoms. The first-order valence-electron chi connectivity index (χ1n) is 10.4. The maximum absolute atomic E-state index is 13.2. The second kappa shape index (κ2) is 9.11. The summed E-state index contributed by atoms with van der Waals surface area (Å²) < 4.78 is 43.2. The predicted molar refractivity (Wildman–Crippen MR) is 120 cm³/mol. The van der Waals surface area contributed by atoms with E-state index in [9.17, 15) is 18.0 Å². The predicted octanol–water partition coefficient (Wildman–Crippen LogP) is 3.87. The second-order valence-electron chi connectivity index (χ2n) is 7.58. The van der Waals surface area contributed by atoms with Gasteiger partial charge in [0.05, 0.1) is 23.3 Å². The molecule has 0 bridgehead atoms. The topological polar surface area (TPSA) is 103 Å². The molecule has 0 saturated heterocycles. The maximum atomic E-state index is 13.2. The zero-order valence-electron chi connectivity index (χ0n) is 18.2. The number of rotatable bonds is 6. The molecule has 1 aliphatic rings. The quantitative estimate of drug-likeness (QED) is 0.505. The number of fused-ring (bicyclic) bond motifs is 1. The van der Waals surface area contributed by atoms with Gasteiger partial charge in [0, 0.05) is 6.54 Å². The number of benzene rings is 2. The zero-order valence-corrected chi connectivity index (χ0v) is 19.1. The van der Waals surface area contributed by atoms with E-state index in [-0.39, 0.29) is 22.6 Å². The lowest BCUT2D eigenvalue weighted by molar-refractivity contribution is 0.0443. The molecular formula is C24H23NO7S. The second-order valence-corrected chi connectivity index (χ2v) is 9.45. The Hall–Kier alpha value is -3.59. The highest BCUT2D eigenvalue weighted by Gasteiger charge is 2.29. The van der Waals surface area contributed by atoms with E-state index in [1.165, 1.54) is 41.7 Å². The molecule has 0 aliphatic carbocycles. The molecule has 0 atom stereocenters. The molecule has 4 rings (SSSR count). The smallest absolute Gasteiger partial charge is 0.341 e. The minimum atomic E-state index is -3.76. The van der Waals surface area contributed by atoms with Crippen molar-refractivity contribution in [3.8, 4) is 0 Å². The summed E-state index contributed by atoms with van der Waals surface area (Å²) in [4.78, 5) is 24.2. The first-order valence-corrected chi connectivity index (χ1v) is 11.8. The number of sulfonamides is 1. The van der Waals surface area contributed by atoms with E-state index in [0.717, 1.165) is 18.4 Å². The van der Waals surface area contributed by atoms with Crippen molar-refractivity contribution in [3.05, 3.63) is 82.8 Å². The fourth-order valence-corrected chi connectivity index (χ4v) is 5.33. The van der Waals surface area contributed by atoms with Crippen molar-refractivity contribution in [2.45, 2.75) is 31.3 Å². The fraction of sp³-hybridized carbons (Fsp3) is 0.250. The van der Waals surface area contributed by atoms with Gasteiger partial charge in [-0.05, 0) is 61.7 Å². The molecule has 0 unspecified atom stereocenters. The lowest BCUT2D eigenvalue weighted by atomic mass is 10.0. The summed E-state index contributed by atoms with van der Waals surface area (Å²) in [5, 5.41) is 0. The minimum Gasteiger partial charge on any atom is -0.465 e. The van der Waals surface area contributed by atoms with Gasteiger partial charge in [-0.3, -0.25) is 4.31 Å². The van der Waals surface area contributed by atoms with Crippen LogP contribution in [0.3, 0.4) is 0 Å². The average Bonchev–Trinajstić information content (AvgIpc) is 3.22. The lowest BCUT2D eigenvalue weighted by Crippen LogP contribution is -2.35. The van der Waals surface area contributed by atoms with E-state index in [0.29, 0.717) is 23.8 Å². The molecule has 0 N–H and O–H groups in total. The van der Waals surface area contributed by atoms with Crippen LogP contribution in [0.25, 0.3) is 0 Å². The largest absolute Gasteiger partial charge is 0.465 e. The van der Waals surface area contributed by atoms with Crippen molar-refractivity contribution in [3.63, 3.8) is 0 Å². The van der Waals surface area contributed by atoms with E-state index in [2.05, 4.69) is 4.74 Å². The molecular weight excluding hydrogens is 446 g/mol. The molecule has 0 spiro atoms. The average molecular weight is 470 g/mol. The number of esters is 2. The van der Waals surface area contributed by atoms with E-state index in [1.807, 2.05) is 18.2 Å². The number of carbonyl (C=O) groups is 2. The number of anilines is 1. The monoisotopic (exact) mass is 469 g/mol. The van der Waals surface area contributed by atoms with Gasteiger partial charge in [0.2, 0.25) is 0 Å². The van der Waals surface area contributed by atoms with E-state index < -0.39 is 22.0 Å². The Balaban J connectivity index is 1.46. The molecule has 0 fully saturated rings. The van der Waals surface area contributed by atoms with Crippen LogP contribution < -0.4 is 4.31 Å². The van der Waals surface area contributed by atoms with Crippen LogP contribution in [0.15, 0.2) is 63.9 Å². The van der Waals surface area contributed by atoms with Gasteiger partial charge < -0.3 is 13.9 Å². The van der Waals surface area contributed by atoms with Gasteiger partial charge in [-0.25, -0.2) is 18.0 Å². The molecule has 3 aromatic rings. The summed E-state index contributed by atoms with van der Waals surface area (Å²) >= 11 is 0. The number of carbonyl (C=O) groups excluding carboxylic acids is 2. The van der Waals surface area contributed by atoms with Crippen LogP contribution in [0.1, 0.15) is 44.2 Å². The van der Waals surface area contributed by atoms with Crippen LogP contribution in [-0.4, -0.2) is 34.0 Å². The third-order valence-corrected chi connectivity index (χ3v) is 7.29. The van der Waals surface area contributed by atoms with Crippen LogP contribution in [0.4, 0.5) is 5.69 Å². The number of ether oxygens (including phenoxy) is 2. The highest BCUT2D eigenvalue weighted by molar-refractivity contribution is 7.92. The molecule has 1 aromatic heterocycles. The standard InChI is InChI=1S/C24H23NO7S/c1-16-21(24(27)30-2)14-19(32-16)15-31-23(26)18-9-11-20(12-10-18)33(28,29)25-13-5-7-17-6-3-4-8-22(17)25/h3-4,6,8-12,14H,5,7,13,15H2,1-2H3. The number of hydrogen-bond donors (Lipinski definition) is 0. The van der Waals surface area contributed by atoms with Crippen LogP contribution in [0.5, 0.6) is 0 Å². The van der Waals surface area contributed by atoms with Crippen molar-refractivity contribution >= 4 is 27.6 Å². The van der Waals surface area contributed by atoms with Crippen molar-refractivity contribution in [1.82, 2.24) is 0 Å². The Morgan fingerprint density at radius 3 is 2.52 bits per heavy atom. The third-order valence-electron chi connectivity index (χ3n) is 5.47. The molecule has 0 saturated carbocycles. The highest BCUT2D eigenvalue weighted by Crippen LogP contribution is 2.31. The lowest BCUT2D eigenvalue weighted by Gasteiger charge is -2.30. The fourth-order valence-electron chi connectivity index (χ4n) is 3.79. The molecule has 2 heterocycles. The van der Waals surface area contributed by atoms with Gasteiger partial charge in [-0.2, -0.15) is 0 Å². The highest BCUT2D eigenvalue weighted by atomic mass is 32.2. The Kier molecular flexibility index (Phi) is 6.24. The van der Waals surface area contributed by atoms with Crippen LogP contribution in [0, 0.1) is 6.92 Å². The summed E-state index contributed by atoms with van der Waals surface area (Å²) in [5.74, 6) is -0.524. The molecule has 0 radical (unpaired) electrons. The molecule has 9 heteroatoms. The van der Waals surface area contributed by atoms with Crippen molar-refractivity contribution in [2.75, 3.05) is 18.0 Å². The van der Waals surface area contributed by atoms with E-state index in [1.54, 1.807) is 13.0 Å². The van der Waals surface area contributed by atoms with E-state index >= 15 is 0 Å². The summed E-state index contributed by atoms with van der Waals surface area (Å²) in [6, 6.07) is 14.5. The van der Waals surface area contributed by atoms with E-state index in [4.69, 9.17) is 9.15 Å². The third kappa shape index (κ3) is 4.49. The summed E-state index contributed by atoms with van der Waals surface area (Å²) in [7, 11) is -2.50. The van der Waals surface area contributed by atoms with Crippen molar-refractivity contribution in [2.24, 2.45) is 0 Å². The first kappa shape index (κ1) is 22.6. The minimum absolute atomic E-state index is 0.0973. The first-order chi connectivity index (χ1) is 15.8. The maximum Gasteiger partial charge on any atom is 0.341 e. The van der Waals surface area contributed by atoms with Gasteiger partial charge in [0.15, 0.2) is 0 Å². The van der Waals surface area contributed by atoms with Crippen LogP contribution >= 0.6 is 0 Å². The van der Waals surface area contributed by atoms with Gasteiger partial charge in [0.1, 0.15) is 23.7 Å². The van der Waals surface area contributed by atoms with Crippen LogP contribution in [-0.2, 0) is 32.5 Å². The molecule has 2 aromatic carbocycles. The van der Waals surface area contributed by atoms with Crippen LogP contribution in [0.2, 0.25) is 0 Å². The van der Waals surface area contributed by atoms with Gasteiger partial charge in [0.25, 0.3) is 10.0 Å². The summed E-state index contributed by atoms with van der Waals surface area (Å²) in [6.45, 7) is 1.83. The number of methoxy groups -OCH3 is 1. The summed E-state index contributed by atoms with van der Waals surface area (Å²) in [6.07, 6.45) is 1.58. The Labute approximate surface area is 191 Å². The molecule has 8 nitrogen and oxygen atoms in total. The normalized spacial score (nSPS) is 13.3. The zero-order chi connectivity index (χ0) is 23.6. The van der Waals surface area contributed by atoms with Crippen molar-refractivity contribution in [1.29, 1.82) is 0 Å². The van der Waals surface area contributed by atoms with Gasteiger partial charge in [-0.1, -0.05) is 18.2 Å². The number of hydrogen-bond acceptors (Lipinski definition) is 7. The van der Waals surface area contributed by atoms with Crippen molar-refractivity contribution < 1.29 is 31.9 Å². The molecule has 172 valence electrons. The molecule has 0 amide bonds. The summed E-state index contributed by atoms with van der Waals surface area (Å²) in [5.41, 5.74) is 2.14. The Morgan fingerprint density at radius 1 is 1.06 bits per heavy atom. The Morgan fingerprint density at radius 2 is 1.79 bits per heavy atom. The number of para-hydroxylation sites is 1. The Bertz CT molecular complexity index is 1290. The number of nitrogens with zero attached hydrogens (tertiary/aromatic N) is 1. The number of furan rings is 1. The van der Waals surface area contributed by atoms with Gasteiger partial charge >= 0.3 is 11.9 Å². The molecule has 1 aliphatic heterocycles. The SMILES string of the molecule is COC(=O)c1cc(COC(=O)c2ccc(S(=O)(=O)N3CCCc4ccccc43)cc2)oc1C. The number of aryl methyl sites for hydroxylation is 2.